The number of methoxy groups -OCH3 is 1. The zero-order valence-corrected chi connectivity index (χ0v) is 10.6. The van der Waals surface area contributed by atoms with Crippen LogP contribution in [0.3, 0.4) is 0 Å². The van der Waals surface area contributed by atoms with Gasteiger partial charge in [0.15, 0.2) is 0 Å². The van der Waals surface area contributed by atoms with Crippen molar-refractivity contribution in [3.63, 3.8) is 0 Å². The van der Waals surface area contributed by atoms with Gasteiger partial charge in [-0.15, -0.1) is 0 Å². The zero-order valence-electron chi connectivity index (χ0n) is 10.6. The first-order chi connectivity index (χ1) is 8.65. The zero-order chi connectivity index (χ0) is 13.1. The summed E-state index contributed by atoms with van der Waals surface area (Å²) in [7, 11) is 1.66. The minimum atomic E-state index is -0.354. The number of allylic oxidation sites excluding steroid dienone is 1. The summed E-state index contributed by atoms with van der Waals surface area (Å²) in [6.45, 7) is 4.05. The molecule has 1 aliphatic rings. The van der Waals surface area contributed by atoms with E-state index in [4.69, 9.17) is 10.5 Å². The van der Waals surface area contributed by atoms with Crippen LogP contribution in [0.4, 0.5) is 0 Å². The molecule has 3 atom stereocenters. The number of carbonyl (C=O) groups excluding carboxylic acids is 1. The maximum atomic E-state index is 10.5. The standard InChI is InChI=1S/C15H19NO2/c1-10-14(15(10)8-12(16)9-17)7-11-3-5-13(18-2)6-4-11/h3-6,9,12,14-15H,1,7-8,16H2,2H3. The molecule has 0 saturated heterocycles. The lowest BCUT2D eigenvalue weighted by Gasteiger charge is -2.04. The third-order valence-corrected chi connectivity index (χ3v) is 3.64. The monoisotopic (exact) mass is 245 g/mol. The molecule has 96 valence electrons. The Morgan fingerprint density at radius 2 is 2.06 bits per heavy atom. The van der Waals surface area contributed by atoms with E-state index in [1.807, 2.05) is 12.1 Å². The van der Waals surface area contributed by atoms with Crippen LogP contribution in [-0.2, 0) is 11.2 Å². The molecule has 1 saturated carbocycles. The topological polar surface area (TPSA) is 52.3 Å². The third-order valence-electron chi connectivity index (χ3n) is 3.64. The van der Waals surface area contributed by atoms with Crippen molar-refractivity contribution in [3.8, 4) is 5.75 Å². The Hall–Kier alpha value is -1.61. The van der Waals surface area contributed by atoms with Gasteiger partial charge in [-0.1, -0.05) is 24.3 Å². The number of aldehydes is 1. The van der Waals surface area contributed by atoms with Crippen molar-refractivity contribution in [2.45, 2.75) is 18.9 Å². The summed E-state index contributed by atoms with van der Waals surface area (Å²) in [5, 5.41) is 0. The summed E-state index contributed by atoms with van der Waals surface area (Å²) in [6.07, 6.45) is 2.51. The van der Waals surface area contributed by atoms with Crippen LogP contribution in [-0.4, -0.2) is 19.4 Å². The van der Waals surface area contributed by atoms with Gasteiger partial charge in [0.05, 0.1) is 13.2 Å². The van der Waals surface area contributed by atoms with Gasteiger partial charge in [-0.25, -0.2) is 0 Å². The second kappa shape index (κ2) is 5.36. The average molecular weight is 245 g/mol. The highest BCUT2D eigenvalue weighted by Gasteiger charge is 2.42. The molecule has 0 spiro atoms. The Balaban J connectivity index is 1.90. The number of hydrogen-bond donors (Lipinski definition) is 1. The van der Waals surface area contributed by atoms with Gasteiger partial charge < -0.3 is 15.3 Å². The number of carbonyl (C=O) groups is 1. The fourth-order valence-electron chi connectivity index (χ4n) is 2.40. The Kier molecular flexibility index (Phi) is 3.82. The lowest BCUT2D eigenvalue weighted by molar-refractivity contribution is -0.109. The first kappa shape index (κ1) is 12.8. The van der Waals surface area contributed by atoms with Crippen LogP contribution in [0.25, 0.3) is 0 Å². The predicted octanol–water partition coefficient (Wildman–Crippen LogP) is 1.96. The first-order valence-electron chi connectivity index (χ1n) is 6.18. The number of ether oxygens (including phenoxy) is 1. The van der Waals surface area contributed by atoms with Crippen molar-refractivity contribution in [2.75, 3.05) is 7.11 Å². The van der Waals surface area contributed by atoms with Gasteiger partial charge in [-0.2, -0.15) is 0 Å². The summed E-state index contributed by atoms with van der Waals surface area (Å²) in [6, 6.07) is 7.72. The lowest BCUT2D eigenvalue weighted by atomic mass is 10.0. The van der Waals surface area contributed by atoms with Gasteiger partial charge >= 0.3 is 0 Å². The van der Waals surface area contributed by atoms with E-state index in [2.05, 4.69) is 18.7 Å². The molecule has 0 aliphatic heterocycles. The molecule has 0 aromatic heterocycles. The maximum Gasteiger partial charge on any atom is 0.136 e. The van der Waals surface area contributed by atoms with E-state index in [1.54, 1.807) is 7.11 Å². The Bertz CT molecular complexity index is 438. The molecule has 2 rings (SSSR count). The van der Waals surface area contributed by atoms with Gasteiger partial charge in [-0.05, 0) is 42.4 Å². The van der Waals surface area contributed by atoms with Crippen molar-refractivity contribution in [3.05, 3.63) is 42.0 Å². The van der Waals surface area contributed by atoms with Crippen LogP contribution in [0.5, 0.6) is 5.75 Å². The third kappa shape index (κ3) is 2.79. The minimum Gasteiger partial charge on any atom is -0.497 e. The summed E-state index contributed by atoms with van der Waals surface area (Å²) in [5.41, 5.74) is 8.14. The second-order valence-electron chi connectivity index (χ2n) is 4.88. The van der Waals surface area contributed by atoms with Crippen LogP contribution < -0.4 is 10.5 Å². The fraction of sp³-hybridized carbons (Fsp3) is 0.400. The number of hydrogen-bond acceptors (Lipinski definition) is 3. The first-order valence-corrected chi connectivity index (χ1v) is 6.18. The number of rotatable bonds is 6. The highest BCUT2D eigenvalue weighted by molar-refractivity contribution is 5.57. The second-order valence-corrected chi connectivity index (χ2v) is 4.88. The molecule has 0 radical (unpaired) electrons. The summed E-state index contributed by atoms with van der Waals surface area (Å²) in [5.74, 6) is 1.75. The summed E-state index contributed by atoms with van der Waals surface area (Å²) >= 11 is 0. The van der Waals surface area contributed by atoms with Crippen molar-refractivity contribution >= 4 is 6.29 Å². The van der Waals surface area contributed by atoms with Gasteiger partial charge in [0, 0.05) is 0 Å². The van der Waals surface area contributed by atoms with E-state index in [-0.39, 0.29) is 6.04 Å². The van der Waals surface area contributed by atoms with Gasteiger partial charge in [0.1, 0.15) is 12.0 Å². The molecule has 0 amide bonds. The van der Waals surface area contributed by atoms with Crippen molar-refractivity contribution in [1.29, 1.82) is 0 Å². The van der Waals surface area contributed by atoms with E-state index < -0.39 is 0 Å². The number of nitrogens with two attached hydrogens (primary N) is 1. The smallest absolute Gasteiger partial charge is 0.136 e. The highest BCUT2D eigenvalue weighted by atomic mass is 16.5. The van der Waals surface area contributed by atoms with Crippen LogP contribution in [0, 0.1) is 11.8 Å². The maximum absolute atomic E-state index is 10.5. The Labute approximate surface area is 108 Å². The molecule has 1 fully saturated rings. The molecule has 0 bridgehead atoms. The van der Waals surface area contributed by atoms with Gasteiger partial charge in [0.25, 0.3) is 0 Å². The molecule has 1 aromatic rings. The molecule has 18 heavy (non-hydrogen) atoms. The average Bonchev–Trinajstić information content (AvgIpc) is 2.99. The number of benzene rings is 1. The molecule has 3 nitrogen and oxygen atoms in total. The van der Waals surface area contributed by atoms with E-state index >= 15 is 0 Å². The van der Waals surface area contributed by atoms with Crippen LogP contribution in [0.15, 0.2) is 36.4 Å². The fourth-order valence-corrected chi connectivity index (χ4v) is 2.40. The van der Waals surface area contributed by atoms with Crippen molar-refractivity contribution < 1.29 is 9.53 Å². The highest BCUT2D eigenvalue weighted by Crippen LogP contribution is 2.49. The van der Waals surface area contributed by atoms with E-state index in [0.717, 1.165) is 24.9 Å². The van der Waals surface area contributed by atoms with Gasteiger partial charge in [-0.3, -0.25) is 0 Å². The summed E-state index contributed by atoms with van der Waals surface area (Å²) in [4.78, 5) is 10.5. The molecule has 1 aliphatic carbocycles. The van der Waals surface area contributed by atoms with E-state index in [0.29, 0.717) is 11.8 Å². The summed E-state index contributed by atoms with van der Waals surface area (Å²) < 4.78 is 5.13. The SMILES string of the molecule is C=C1C(Cc2ccc(OC)cc2)C1CC(N)C=O. The molecule has 2 N–H and O–H groups in total. The molecule has 3 heteroatoms. The predicted molar refractivity (Wildman–Crippen MR) is 71.5 cm³/mol. The lowest BCUT2D eigenvalue weighted by Crippen LogP contribution is -2.22. The molecular weight excluding hydrogens is 226 g/mol. The molecule has 1 aromatic carbocycles. The van der Waals surface area contributed by atoms with Crippen LogP contribution in [0.1, 0.15) is 12.0 Å². The van der Waals surface area contributed by atoms with E-state index in [9.17, 15) is 4.79 Å². The van der Waals surface area contributed by atoms with Crippen molar-refractivity contribution in [1.82, 2.24) is 0 Å². The van der Waals surface area contributed by atoms with Gasteiger partial charge in [0.2, 0.25) is 0 Å². The largest absolute Gasteiger partial charge is 0.497 e. The molecule has 0 heterocycles. The Morgan fingerprint density at radius 1 is 1.39 bits per heavy atom. The van der Waals surface area contributed by atoms with E-state index in [1.165, 1.54) is 11.1 Å². The quantitative estimate of drug-likeness (QED) is 0.615. The minimum absolute atomic E-state index is 0.354. The molecule has 3 unspecified atom stereocenters. The van der Waals surface area contributed by atoms with Crippen molar-refractivity contribution in [2.24, 2.45) is 17.6 Å². The van der Waals surface area contributed by atoms with Crippen LogP contribution in [0.2, 0.25) is 0 Å². The molecular formula is C15H19NO2. The normalized spacial score (nSPS) is 23.6. The van der Waals surface area contributed by atoms with Crippen LogP contribution >= 0.6 is 0 Å². The Morgan fingerprint density at radius 3 is 2.61 bits per heavy atom.